The fourth-order valence-corrected chi connectivity index (χ4v) is 5.06. The zero-order chi connectivity index (χ0) is 20.9. The number of fused-ring (bicyclic) bond motifs is 1. The molecule has 1 amide bonds. The third-order valence-corrected chi connectivity index (χ3v) is 7.01. The minimum Gasteiger partial charge on any atom is -0.486 e. The molecule has 6 nitrogen and oxygen atoms in total. The van der Waals surface area contributed by atoms with Gasteiger partial charge in [-0.3, -0.25) is 9.69 Å². The lowest BCUT2D eigenvalue weighted by Crippen LogP contribution is -2.44. The Balaban J connectivity index is 1.23. The molecule has 1 aromatic carbocycles. The van der Waals surface area contributed by atoms with Crippen LogP contribution in [0.15, 0.2) is 18.2 Å². The summed E-state index contributed by atoms with van der Waals surface area (Å²) in [6, 6.07) is 6.73. The number of nitrogens with zero attached hydrogens (tertiary/aromatic N) is 3. The molecule has 0 unspecified atom stereocenters. The number of piperidine rings is 2. The predicted octanol–water partition coefficient (Wildman–Crippen LogP) is 3.00. The van der Waals surface area contributed by atoms with Gasteiger partial charge < -0.3 is 19.3 Å². The molecule has 2 saturated heterocycles. The van der Waals surface area contributed by atoms with E-state index in [4.69, 9.17) is 9.47 Å². The highest BCUT2D eigenvalue weighted by atomic mass is 16.6. The van der Waals surface area contributed by atoms with E-state index in [9.17, 15) is 4.79 Å². The van der Waals surface area contributed by atoms with Gasteiger partial charge in [0.05, 0.1) is 0 Å². The first-order chi connectivity index (χ1) is 14.6. The van der Waals surface area contributed by atoms with E-state index >= 15 is 0 Å². The minimum absolute atomic E-state index is 0.327. The van der Waals surface area contributed by atoms with Crippen LogP contribution in [0.3, 0.4) is 0 Å². The van der Waals surface area contributed by atoms with Crippen molar-refractivity contribution in [2.24, 2.45) is 5.92 Å². The van der Waals surface area contributed by atoms with Gasteiger partial charge in [-0.25, -0.2) is 0 Å². The smallest absolute Gasteiger partial charge is 0.222 e. The highest BCUT2D eigenvalue weighted by molar-refractivity contribution is 5.76. The molecule has 30 heavy (non-hydrogen) atoms. The highest BCUT2D eigenvalue weighted by Gasteiger charge is 2.26. The van der Waals surface area contributed by atoms with Crippen molar-refractivity contribution in [2.75, 3.05) is 53.5 Å². The first-order valence-corrected chi connectivity index (χ1v) is 11.6. The summed E-state index contributed by atoms with van der Waals surface area (Å²) in [7, 11) is 4.17. The van der Waals surface area contributed by atoms with E-state index in [1.807, 2.05) is 18.0 Å². The molecule has 1 atom stereocenters. The maximum atomic E-state index is 12.7. The van der Waals surface area contributed by atoms with Crippen molar-refractivity contribution in [2.45, 2.75) is 51.1 Å². The van der Waals surface area contributed by atoms with E-state index < -0.39 is 0 Å². The maximum Gasteiger partial charge on any atom is 0.222 e. The summed E-state index contributed by atoms with van der Waals surface area (Å²) >= 11 is 0. The summed E-state index contributed by atoms with van der Waals surface area (Å²) < 4.78 is 11.4. The Morgan fingerprint density at radius 2 is 1.87 bits per heavy atom. The van der Waals surface area contributed by atoms with E-state index in [0.717, 1.165) is 63.5 Å². The summed E-state index contributed by atoms with van der Waals surface area (Å²) in [6.45, 7) is 6.61. The van der Waals surface area contributed by atoms with Crippen molar-refractivity contribution < 1.29 is 14.3 Å². The topological polar surface area (TPSA) is 45.2 Å². The van der Waals surface area contributed by atoms with Gasteiger partial charge in [-0.15, -0.1) is 0 Å². The first-order valence-electron chi connectivity index (χ1n) is 11.6. The van der Waals surface area contributed by atoms with Gasteiger partial charge in [-0.2, -0.15) is 0 Å². The summed E-state index contributed by atoms with van der Waals surface area (Å²) in [5.41, 5.74) is 1.28. The standard InChI is InChI=1S/C24H37N3O3/c1-25-12-9-21(10-13-25)26(2)24(28)8-6-19-4-3-11-27(17-19)18-20-5-7-22-23(16-20)30-15-14-29-22/h5,7,16,19,21H,3-4,6,8-15,17-18H2,1-2H3/t19-/m0/s1. The molecule has 0 radical (unpaired) electrons. The Labute approximate surface area is 181 Å². The van der Waals surface area contributed by atoms with Gasteiger partial charge in [0, 0.05) is 32.6 Å². The molecule has 0 saturated carbocycles. The van der Waals surface area contributed by atoms with Crippen LogP contribution in [0, 0.1) is 5.92 Å². The molecule has 0 N–H and O–H groups in total. The summed E-state index contributed by atoms with van der Waals surface area (Å²) in [4.78, 5) is 19.7. The molecule has 3 aliphatic rings. The summed E-state index contributed by atoms with van der Waals surface area (Å²) in [5, 5.41) is 0. The quantitative estimate of drug-likeness (QED) is 0.715. The van der Waals surface area contributed by atoms with Crippen molar-refractivity contribution in [1.82, 2.24) is 14.7 Å². The van der Waals surface area contributed by atoms with Gasteiger partial charge >= 0.3 is 0 Å². The molecule has 0 aromatic heterocycles. The Morgan fingerprint density at radius 1 is 1.10 bits per heavy atom. The SMILES string of the molecule is CN1CCC(N(C)C(=O)CC[C@@H]2CCCN(Cc3ccc4c(c3)OCCO4)C2)CC1. The number of benzene rings is 1. The first kappa shape index (κ1) is 21.4. The molecule has 2 fully saturated rings. The van der Waals surface area contributed by atoms with Crippen LogP contribution < -0.4 is 9.47 Å². The molecule has 166 valence electrons. The number of carbonyl (C=O) groups is 1. The lowest BCUT2D eigenvalue weighted by Gasteiger charge is -2.36. The van der Waals surface area contributed by atoms with Crippen LogP contribution in [-0.4, -0.2) is 80.1 Å². The van der Waals surface area contributed by atoms with Crippen LogP contribution in [0.2, 0.25) is 0 Å². The Hall–Kier alpha value is -1.79. The van der Waals surface area contributed by atoms with Crippen LogP contribution in [0.1, 0.15) is 44.1 Å². The van der Waals surface area contributed by atoms with Gasteiger partial charge in [-0.05, 0) is 82.4 Å². The van der Waals surface area contributed by atoms with Crippen LogP contribution >= 0.6 is 0 Å². The minimum atomic E-state index is 0.327. The number of rotatable bonds is 6. The molecule has 1 aromatic rings. The van der Waals surface area contributed by atoms with Crippen LogP contribution in [0.25, 0.3) is 0 Å². The van der Waals surface area contributed by atoms with Crippen molar-refractivity contribution in [1.29, 1.82) is 0 Å². The average molecular weight is 416 g/mol. The van der Waals surface area contributed by atoms with Gasteiger partial charge in [-0.1, -0.05) is 6.07 Å². The van der Waals surface area contributed by atoms with E-state index in [-0.39, 0.29) is 0 Å². The molecule has 0 aliphatic carbocycles. The second kappa shape index (κ2) is 10.0. The Bertz CT molecular complexity index is 718. The van der Waals surface area contributed by atoms with Crippen molar-refractivity contribution in [3.63, 3.8) is 0 Å². The monoisotopic (exact) mass is 415 g/mol. The zero-order valence-corrected chi connectivity index (χ0v) is 18.6. The Morgan fingerprint density at radius 3 is 2.67 bits per heavy atom. The second-order valence-corrected chi connectivity index (χ2v) is 9.30. The summed E-state index contributed by atoms with van der Waals surface area (Å²) in [6.07, 6.45) is 6.35. The molecule has 6 heteroatoms. The number of hydrogen-bond acceptors (Lipinski definition) is 5. The fraction of sp³-hybridized carbons (Fsp3) is 0.708. The molecule has 3 aliphatic heterocycles. The highest BCUT2D eigenvalue weighted by Crippen LogP contribution is 2.32. The number of likely N-dealkylation sites (tertiary alicyclic amines) is 2. The lowest BCUT2D eigenvalue weighted by atomic mass is 9.92. The molecule has 4 rings (SSSR count). The van der Waals surface area contributed by atoms with Gasteiger partial charge in [0.15, 0.2) is 11.5 Å². The summed E-state index contributed by atoms with van der Waals surface area (Å²) in [5.74, 6) is 2.67. The van der Waals surface area contributed by atoms with Gasteiger partial charge in [0.1, 0.15) is 13.2 Å². The van der Waals surface area contributed by atoms with Crippen molar-refractivity contribution >= 4 is 5.91 Å². The van der Waals surface area contributed by atoms with Crippen molar-refractivity contribution in [3.8, 4) is 11.5 Å². The van der Waals surface area contributed by atoms with Crippen LogP contribution in [0.4, 0.5) is 0 Å². The number of hydrogen-bond donors (Lipinski definition) is 0. The number of carbonyl (C=O) groups excluding carboxylic acids is 1. The van der Waals surface area contributed by atoms with E-state index in [0.29, 0.717) is 37.5 Å². The number of ether oxygens (including phenoxy) is 2. The molecular weight excluding hydrogens is 378 g/mol. The third-order valence-electron chi connectivity index (χ3n) is 7.01. The predicted molar refractivity (Wildman–Crippen MR) is 118 cm³/mol. The molecule has 3 heterocycles. The van der Waals surface area contributed by atoms with E-state index in [1.165, 1.54) is 18.4 Å². The Kier molecular flexibility index (Phi) is 7.16. The van der Waals surface area contributed by atoms with Gasteiger partial charge in [0.2, 0.25) is 5.91 Å². The van der Waals surface area contributed by atoms with Crippen LogP contribution in [0.5, 0.6) is 11.5 Å². The molecular formula is C24H37N3O3. The zero-order valence-electron chi connectivity index (χ0n) is 18.6. The lowest BCUT2D eigenvalue weighted by molar-refractivity contribution is -0.133. The normalized spacial score (nSPS) is 23.3. The van der Waals surface area contributed by atoms with Gasteiger partial charge in [0.25, 0.3) is 0 Å². The third kappa shape index (κ3) is 5.46. The van der Waals surface area contributed by atoms with E-state index in [2.05, 4.69) is 29.0 Å². The molecule has 0 spiro atoms. The largest absolute Gasteiger partial charge is 0.486 e. The fourth-order valence-electron chi connectivity index (χ4n) is 5.06. The van der Waals surface area contributed by atoms with Crippen molar-refractivity contribution in [3.05, 3.63) is 23.8 Å². The number of amides is 1. The average Bonchev–Trinajstić information content (AvgIpc) is 2.78. The second-order valence-electron chi connectivity index (χ2n) is 9.30. The molecule has 0 bridgehead atoms. The maximum absolute atomic E-state index is 12.7. The van der Waals surface area contributed by atoms with E-state index in [1.54, 1.807) is 0 Å². The van der Waals surface area contributed by atoms with Crippen LogP contribution in [-0.2, 0) is 11.3 Å².